The van der Waals surface area contributed by atoms with Gasteiger partial charge >= 0.3 is 0 Å². The number of hydrogen-bond donors (Lipinski definition) is 1. The Kier molecular flexibility index (Phi) is 10.3. The van der Waals surface area contributed by atoms with Crippen LogP contribution in [0.15, 0.2) is 18.2 Å². The van der Waals surface area contributed by atoms with Gasteiger partial charge in [0.15, 0.2) is 0 Å². The summed E-state index contributed by atoms with van der Waals surface area (Å²) >= 11 is 0. The van der Waals surface area contributed by atoms with Crippen LogP contribution in [0.4, 0.5) is 5.69 Å². The maximum Gasteiger partial charge on any atom is 0.258 e. The molecule has 32 heavy (non-hydrogen) atoms. The van der Waals surface area contributed by atoms with Crippen molar-refractivity contribution < 1.29 is 19.4 Å². The second-order valence-electron chi connectivity index (χ2n) is 9.64. The van der Waals surface area contributed by atoms with Crippen LogP contribution >= 0.6 is 0 Å². The zero-order valence-electron chi connectivity index (χ0n) is 21.0. The molecule has 0 unspecified atom stereocenters. The van der Waals surface area contributed by atoms with Gasteiger partial charge in [-0.05, 0) is 65.4 Å². The summed E-state index contributed by atoms with van der Waals surface area (Å²) in [6, 6.07) is 5.46. The summed E-state index contributed by atoms with van der Waals surface area (Å²) in [7, 11) is 7.99. The minimum Gasteiger partial charge on any atom is -0.490 e. The number of hydrogen-bond acceptors (Lipinski definition) is 6. The lowest BCUT2D eigenvalue weighted by Gasteiger charge is -2.35. The highest BCUT2D eigenvalue weighted by atomic mass is 16.5. The van der Waals surface area contributed by atoms with Crippen LogP contribution in [0.1, 0.15) is 50.4 Å². The van der Waals surface area contributed by atoms with E-state index < -0.39 is 0 Å². The fraction of sp³-hybridized carbons (Fsp3) is 0.720. The number of anilines is 1. The SMILES string of the molecule is C[C@H](CO)N1C[C@H](C)[C@@H](CN(C)C)OCCCC[C@H](C)Oc2ccc(N(C)C)cc2C1=O. The van der Waals surface area contributed by atoms with Crippen molar-refractivity contribution in [2.75, 3.05) is 59.4 Å². The number of carbonyl (C=O) groups excluding carboxylic acids is 1. The van der Waals surface area contributed by atoms with E-state index in [4.69, 9.17) is 9.47 Å². The van der Waals surface area contributed by atoms with Crippen LogP contribution in [0.3, 0.4) is 0 Å². The van der Waals surface area contributed by atoms with E-state index in [2.05, 4.69) is 11.8 Å². The number of carbonyl (C=O) groups is 1. The van der Waals surface area contributed by atoms with E-state index in [0.29, 0.717) is 24.5 Å². The second-order valence-corrected chi connectivity index (χ2v) is 9.64. The summed E-state index contributed by atoms with van der Waals surface area (Å²) in [5.74, 6) is 0.595. The molecule has 0 aliphatic carbocycles. The first kappa shape index (κ1) is 26.4. The minimum absolute atomic E-state index is 0.00472. The largest absolute Gasteiger partial charge is 0.490 e. The molecule has 1 aromatic rings. The van der Waals surface area contributed by atoms with Gasteiger partial charge in [0.25, 0.3) is 5.91 Å². The average Bonchev–Trinajstić information content (AvgIpc) is 2.74. The van der Waals surface area contributed by atoms with Crippen LogP contribution in [-0.2, 0) is 4.74 Å². The van der Waals surface area contributed by atoms with Crippen LogP contribution in [-0.4, -0.2) is 93.6 Å². The Morgan fingerprint density at radius 2 is 1.91 bits per heavy atom. The van der Waals surface area contributed by atoms with E-state index in [1.54, 1.807) is 4.90 Å². The van der Waals surface area contributed by atoms with Gasteiger partial charge in [-0.15, -0.1) is 0 Å². The Balaban J connectivity index is 2.48. The van der Waals surface area contributed by atoms with E-state index in [1.807, 2.05) is 65.1 Å². The highest BCUT2D eigenvalue weighted by Gasteiger charge is 2.30. The third kappa shape index (κ3) is 7.36. The second kappa shape index (κ2) is 12.4. The first-order valence-corrected chi connectivity index (χ1v) is 11.8. The summed E-state index contributed by atoms with van der Waals surface area (Å²) in [5.41, 5.74) is 1.48. The fourth-order valence-electron chi connectivity index (χ4n) is 4.01. The molecule has 2 rings (SSSR count). The highest BCUT2D eigenvalue weighted by Crippen LogP contribution is 2.29. The third-order valence-corrected chi connectivity index (χ3v) is 6.10. The van der Waals surface area contributed by atoms with Gasteiger partial charge < -0.3 is 29.3 Å². The van der Waals surface area contributed by atoms with Crippen LogP contribution < -0.4 is 9.64 Å². The highest BCUT2D eigenvalue weighted by molar-refractivity contribution is 5.98. The standard InChI is InChI=1S/C25H43N3O4/c1-18-15-28(19(2)17-29)25(30)22-14-21(27(6)7)11-12-23(22)32-20(3)10-8-9-13-31-24(18)16-26(4)5/h11-12,14,18-20,24,29H,8-10,13,15-17H2,1-7H3/t18-,19+,20-,24+/m0/s1. The van der Waals surface area contributed by atoms with Gasteiger partial charge in [0.2, 0.25) is 0 Å². The molecule has 0 saturated carbocycles. The number of fused-ring (bicyclic) bond motifs is 1. The topological polar surface area (TPSA) is 65.5 Å². The molecule has 0 saturated heterocycles. The molecule has 7 nitrogen and oxygen atoms in total. The molecule has 182 valence electrons. The number of likely N-dealkylation sites (N-methyl/N-ethyl adjacent to an activating group) is 1. The monoisotopic (exact) mass is 449 g/mol. The van der Waals surface area contributed by atoms with E-state index in [0.717, 1.165) is 31.5 Å². The quantitative estimate of drug-likeness (QED) is 0.745. The van der Waals surface area contributed by atoms with E-state index >= 15 is 0 Å². The maximum absolute atomic E-state index is 13.8. The Labute approximate surface area is 194 Å². The zero-order chi connectivity index (χ0) is 23.8. The van der Waals surface area contributed by atoms with Crippen molar-refractivity contribution in [2.24, 2.45) is 5.92 Å². The van der Waals surface area contributed by atoms with Gasteiger partial charge in [-0.25, -0.2) is 0 Å². The van der Waals surface area contributed by atoms with Crippen LogP contribution in [0.2, 0.25) is 0 Å². The Morgan fingerprint density at radius 1 is 1.19 bits per heavy atom. The summed E-state index contributed by atoms with van der Waals surface area (Å²) < 4.78 is 12.5. The summed E-state index contributed by atoms with van der Waals surface area (Å²) in [5, 5.41) is 9.93. The summed E-state index contributed by atoms with van der Waals surface area (Å²) in [6.45, 7) is 7.94. The third-order valence-electron chi connectivity index (χ3n) is 6.10. The lowest BCUT2D eigenvalue weighted by Crippen LogP contribution is -2.47. The van der Waals surface area contributed by atoms with Crippen molar-refractivity contribution >= 4 is 11.6 Å². The Hall–Kier alpha value is -1.83. The number of benzene rings is 1. The molecule has 1 heterocycles. The van der Waals surface area contributed by atoms with Gasteiger partial charge in [0.1, 0.15) is 5.75 Å². The van der Waals surface area contributed by atoms with Crippen LogP contribution in [0, 0.1) is 5.92 Å². The first-order chi connectivity index (χ1) is 15.1. The molecule has 4 atom stereocenters. The number of amides is 1. The van der Waals surface area contributed by atoms with E-state index in [1.165, 1.54) is 0 Å². The molecule has 1 amide bonds. The molecule has 0 aromatic heterocycles. The van der Waals surface area contributed by atoms with Crippen molar-refractivity contribution in [1.82, 2.24) is 9.80 Å². The number of ether oxygens (including phenoxy) is 2. The summed E-state index contributed by atoms with van der Waals surface area (Å²) in [6.07, 6.45) is 2.89. The first-order valence-electron chi connectivity index (χ1n) is 11.8. The zero-order valence-corrected chi connectivity index (χ0v) is 21.0. The molecule has 0 spiro atoms. The van der Waals surface area contributed by atoms with Gasteiger partial charge in [-0.2, -0.15) is 0 Å². The molecule has 7 heteroatoms. The van der Waals surface area contributed by atoms with Crippen molar-refractivity contribution in [1.29, 1.82) is 0 Å². The fourth-order valence-corrected chi connectivity index (χ4v) is 4.01. The normalized spacial score (nSPS) is 24.5. The van der Waals surface area contributed by atoms with E-state index in [-0.39, 0.29) is 36.7 Å². The van der Waals surface area contributed by atoms with Gasteiger partial charge in [-0.3, -0.25) is 4.79 Å². The average molecular weight is 450 g/mol. The predicted molar refractivity (Wildman–Crippen MR) is 130 cm³/mol. The number of nitrogens with zero attached hydrogens (tertiary/aromatic N) is 3. The molecular formula is C25H43N3O4. The Bertz CT molecular complexity index is 725. The predicted octanol–water partition coefficient (Wildman–Crippen LogP) is 3.11. The molecule has 0 bridgehead atoms. The number of aliphatic hydroxyl groups excluding tert-OH is 1. The molecular weight excluding hydrogens is 406 g/mol. The van der Waals surface area contributed by atoms with Crippen LogP contribution in [0.25, 0.3) is 0 Å². The molecule has 0 fully saturated rings. The number of aliphatic hydroxyl groups is 1. The summed E-state index contributed by atoms with van der Waals surface area (Å²) in [4.78, 5) is 19.7. The molecule has 1 aliphatic heterocycles. The Morgan fingerprint density at radius 3 is 2.53 bits per heavy atom. The van der Waals surface area contributed by atoms with Crippen molar-refractivity contribution in [3.63, 3.8) is 0 Å². The smallest absolute Gasteiger partial charge is 0.258 e. The number of rotatable bonds is 5. The van der Waals surface area contributed by atoms with Gasteiger partial charge in [0, 0.05) is 45.4 Å². The molecule has 0 radical (unpaired) electrons. The van der Waals surface area contributed by atoms with Crippen molar-refractivity contribution in [2.45, 2.75) is 58.3 Å². The maximum atomic E-state index is 13.8. The molecule has 1 aliphatic rings. The minimum atomic E-state index is -0.314. The lowest BCUT2D eigenvalue weighted by atomic mass is 10.0. The van der Waals surface area contributed by atoms with Gasteiger partial charge in [-0.1, -0.05) is 6.92 Å². The lowest BCUT2D eigenvalue weighted by molar-refractivity contribution is -0.0137. The van der Waals surface area contributed by atoms with E-state index in [9.17, 15) is 9.90 Å². The van der Waals surface area contributed by atoms with Crippen LogP contribution in [0.5, 0.6) is 5.75 Å². The molecule has 1 N–H and O–H groups in total. The van der Waals surface area contributed by atoms with Gasteiger partial charge in [0.05, 0.1) is 30.4 Å². The molecule has 1 aromatic carbocycles. The van der Waals surface area contributed by atoms with Crippen molar-refractivity contribution in [3.8, 4) is 5.75 Å². The van der Waals surface area contributed by atoms with Crippen molar-refractivity contribution in [3.05, 3.63) is 23.8 Å².